The van der Waals surface area contributed by atoms with E-state index in [1.807, 2.05) is 19.9 Å². The zero-order valence-electron chi connectivity index (χ0n) is 14.6. The van der Waals surface area contributed by atoms with Crippen molar-refractivity contribution in [1.29, 1.82) is 0 Å². The van der Waals surface area contributed by atoms with Gasteiger partial charge in [-0.3, -0.25) is 9.69 Å². The third-order valence-electron chi connectivity index (χ3n) is 4.11. The van der Waals surface area contributed by atoms with Crippen LogP contribution >= 0.6 is 0 Å². The monoisotopic (exact) mass is 344 g/mol. The van der Waals surface area contributed by atoms with Crippen molar-refractivity contribution in [3.63, 3.8) is 0 Å². The molecule has 0 saturated heterocycles. The summed E-state index contributed by atoms with van der Waals surface area (Å²) in [5, 5.41) is 1.13. The molecule has 1 aromatic rings. The molecule has 2 atom stereocenters. The molecule has 0 unspecified atom stereocenters. The van der Waals surface area contributed by atoms with Crippen LogP contribution in [0.25, 0.3) is 0 Å². The van der Waals surface area contributed by atoms with Crippen molar-refractivity contribution >= 4 is 15.7 Å². The number of rotatable bonds is 9. The molecular formula is C16H28N2O4S. The fourth-order valence-electron chi connectivity index (χ4n) is 2.45. The summed E-state index contributed by atoms with van der Waals surface area (Å²) in [6.45, 7) is 10.6. The number of hydrogen-bond acceptors (Lipinski definition) is 5. The van der Waals surface area contributed by atoms with Crippen molar-refractivity contribution in [1.82, 2.24) is 10.2 Å². The van der Waals surface area contributed by atoms with Gasteiger partial charge in [0.05, 0.1) is 17.6 Å². The normalized spacial score (nSPS) is 14.9. The SMILES string of the molecule is CCN(CC)[C@@H](CNC(=O)[C@@H](C)S(=O)(=O)C(C)C)c1ccco1. The van der Waals surface area contributed by atoms with Crippen molar-refractivity contribution in [2.75, 3.05) is 19.6 Å². The predicted octanol–water partition coefficient (Wildman–Crippen LogP) is 1.99. The summed E-state index contributed by atoms with van der Waals surface area (Å²) >= 11 is 0. The van der Waals surface area contributed by atoms with Gasteiger partial charge in [-0.2, -0.15) is 0 Å². The molecule has 1 aromatic heterocycles. The number of carbonyl (C=O) groups is 1. The summed E-state index contributed by atoms with van der Waals surface area (Å²) in [5.41, 5.74) is 0. The first-order valence-corrected chi connectivity index (χ1v) is 9.64. The van der Waals surface area contributed by atoms with Gasteiger partial charge in [-0.1, -0.05) is 13.8 Å². The third-order valence-corrected chi connectivity index (χ3v) is 6.63. The lowest BCUT2D eigenvalue weighted by molar-refractivity contribution is -0.120. The topological polar surface area (TPSA) is 79.6 Å². The van der Waals surface area contributed by atoms with Crippen LogP contribution in [-0.2, 0) is 14.6 Å². The molecular weight excluding hydrogens is 316 g/mol. The van der Waals surface area contributed by atoms with E-state index >= 15 is 0 Å². The standard InChI is InChI=1S/C16H28N2O4S/c1-6-18(7-2)14(15-9-8-10-22-15)11-17-16(19)13(5)23(20,21)12(3)4/h8-10,12-14H,6-7,11H2,1-5H3,(H,17,19)/t13-,14+/m1/s1. The van der Waals surface area contributed by atoms with Crippen LogP contribution in [0, 0.1) is 0 Å². The van der Waals surface area contributed by atoms with Gasteiger partial charge in [-0.05, 0) is 46.0 Å². The second kappa shape index (κ2) is 8.49. The predicted molar refractivity (Wildman–Crippen MR) is 90.9 cm³/mol. The smallest absolute Gasteiger partial charge is 0.238 e. The first kappa shape index (κ1) is 19.7. The lowest BCUT2D eigenvalue weighted by Crippen LogP contribution is -2.44. The van der Waals surface area contributed by atoms with Crippen molar-refractivity contribution in [3.8, 4) is 0 Å². The Hall–Kier alpha value is -1.34. The number of hydrogen-bond donors (Lipinski definition) is 1. The molecule has 6 nitrogen and oxygen atoms in total. The quantitative estimate of drug-likeness (QED) is 0.741. The van der Waals surface area contributed by atoms with E-state index in [9.17, 15) is 13.2 Å². The molecule has 0 aliphatic heterocycles. The van der Waals surface area contributed by atoms with Crippen LogP contribution in [-0.4, -0.2) is 49.4 Å². The number of nitrogens with one attached hydrogen (secondary N) is 1. The maximum atomic E-state index is 12.2. The van der Waals surface area contributed by atoms with Crippen LogP contribution in [0.4, 0.5) is 0 Å². The van der Waals surface area contributed by atoms with Crippen molar-refractivity contribution in [2.45, 2.75) is 51.2 Å². The van der Waals surface area contributed by atoms with E-state index in [1.165, 1.54) is 6.92 Å². The zero-order chi connectivity index (χ0) is 17.6. The van der Waals surface area contributed by atoms with Gasteiger partial charge in [0.2, 0.25) is 5.91 Å². The Labute approximate surface area is 139 Å². The van der Waals surface area contributed by atoms with E-state index in [0.717, 1.165) is 18.8 Å². The summed E-state index contributed by atoms with van der Waals surface area (Å²) in [4.78, 5) is 14.4. The summed E-state index contributed by atoms with van der Waals surface area (Å²) in [5.74, 6) is 0.288. The Balaban J connectivity index is 2.81. The highest BCUT2D eigenvalue weighted by Gasteiger charge is 2.31. The lowest BCUT2D eigenvalue weighted by atomic mass is 10.2. The first-order valence-electron chi connectivity index (χ1n) is 8.03. The van der Waals surface area contributed by atoms with Crippen LogP contribution < -0.4 is 5.32 Å². The van der Waals surface area contributed by atoms with Gasteiger partial charge in [0.15, 0.2) is 9.84 Å². The van der Waals surface area contributed by atoms with E-state index in [0.29, 0.717) is 6.54 Å². The van der Waals surface area contributed by atoms with E-state index in [2.05, 4.69) is 10.2 Å². The molecule has 0 aliphatic carbocycles. The van der Waals surface area contributed by atoms with Crippen molar-refractivity contribution in [2.24, 2.45) is 0 Å². The molecule has 0 aliphatic rings. The molecule has 1 amide bonds. The third kappa shape index (κ3) is 4.81. The Bertz CT molecular complexity index is 577. The van der Waals surface area contributed by atoms with Crippen LogP contribution in [0.3, 0.4) is 0 Å². The van der Waals surface area contributed by atoms with Gasteiger partial charge in [0, 0.05) is 6.54 Å². The highest BCUT2D eigenvalue weighted by molar-refractivity contribution is 7.93. The fourth-order valence-corrected chi connectivity index (χ4v) is 3.65. The lowest BCUT2D eigenvalue weighted by Gasteiger charge is -2.28. The summed E-state index contributed by atoms with van der Waals surface area (Å²) in [6.07, 6.45) is 1.60. The van der Waals surface area contributed by atoms with E-state index in [-0.39, 0.29) is 6.04 Å². The summed E-state index contributed by atoms with van der Waals surface area (Å²) in [6, 6.07) is 3.56. The largest absolute Gasteiger partial charge is 0.468 e. The Morgan fingerprint density at radius 2 is 1.87 bits per heavy atom. The average molecular weight is 344 g/mol. The summed E-state index contributed by atoms with van der Waals surface area (Å²) in [7, 11) is -3.46. The number of furan rings is 1. The number of likely N-dealkylation sites (N-methyl/N-ethyl adjacent to an activating group) is 1. The first-order chi connectivity index (χ1) is 10.8. The molecule has 1 rings (SSSR count). The minimum absolute atomic E-state index is 0.113. The van der Waals surface area contributed by atoms with Gasteiger partial charge < -0.3 is 9.73 Å². The minimum atomic E-state index is -3.46. The molecule has 0 fully saturated rings. The molecule has 1 heterocycles. The van der Waals surface area contributed by atoms with Crippen molar-refractivity contribution < 1.29 is 17.6 Å². The van der Waals surface area contributed by atoms with Crippen LogP contribution in [0.5, 0.6) is 0 Å². The highest BCUT2D eigenvalue weighted by atomic mass is 32.2. The molecule has 0 radical (unpaired) electrons. The van der Waals surface area contributed by atoms with Crippen molar-refractivity contribution in [3.05, 3.63) is 24.2 Å². The van der Waals surface area contributed by atoms with E-state index in [4.69, 9.17) is 4.42 Å². The number of nitrogens with zero attached hydrogens (tertiary/aromatic N) is 1. The molecule has 1 N–H and O–H groups in total. The average Bonchev–Trinajstić information content (AvgIpc) is 3.04. The Kier molecular flexibility index (Phi) is 7.28. The maximum absolute atomic E-state index is 12.2. The van der Waals surface area contributed by atoms with Crippen LogP contribution in [0.15, 0.2) is 22.8 Å². The number of amides is 1. The molecule has 0 bridgehead atoms. The second-order valence-corrected chi connectivity index (χ2v) is 8.61. The van der Waals surface area contributed by atoms with E-state index < -0.39 is 26.2 Å². The van der Waals surface area contributed by atoms with Crippen LogP contribution in [0.2, 0.25) is 0 Å². The zero-order valence-corrected chi connectivity index (χ0v) is 15.4. The van der Waals surface area contributed by atoms with Gasteiger partial charge in [0.25, 0.3) is 0 Å². The highest BCUT2D eigenvalue weighted by Crippen LogP contribution is 2.20. The number of sulfone groups is 1. The molecule has 0 saturated carbocycles. The molecule has 0 spiro atoms. The van der Waals surface area contributed by atoms with Gasteiger partial charge in [-0.15, -0.1) is 0 Å². The maximum Gasteiger partial charge on any atom is 0.238 e. The van der Waals surface area contributed by atoms with E-state index in [1.54, 1.807) is 26.2 Å². The van der Waals surface area contributed by atoms with Gasteiger partial charge in [0.1, 0.15) is 11.0 Å². The second-order valence-electron chi connectivity index (χ2n) is 5.78. The summed E-state index contributed by atoms with van der Waals surface area (Å²) < 4.78 is 29.7. The van der Waals surface area contributed by atoms with Gasteiger partial charge >= 0.3 is 0 Å². The molecule has 132 valence electrons. The molecule has 23 heavy (non-hydrogen) atoms. The van der Waals surface area contributed by atoms with Crippen LogP contribution in [0.1, 0.15) is 46.4 Å². The Morgan fingerprint density at radius 1 is 1.26 bits per heavy atom. The molecule has 7 heteroatoms. The number of carbonyl (C=O) groups excluding carboxylic acids is 1. The van der Waals surface area contributed by atoms with Gasteiger partial charge in [-0.25, -0.2) is 8.42 Å². The fraction of sp³-hybridized carbons (Fsp3) is 0.688. The molecule has 0 aromatic carbocycles. The Morgan fingerprint density at radius 3 is 2.30 bits per heavy atom. The minimum Gasteiger partial charge on any atom is -0.468 e.